The van der Waals surface area contributed by atoms with E-state index in [1.807, 2.05) is 6.08 Å². The van der Waals surface area contributed by atoms with Crippen molar-refractivity contribution in [3.8, 4) is 0 Å². The van der Waals surface area contributed by atoms with Crippen LogP contribution in [0.1, 0.15) is 110 Å². The third-order valence-electron chi connectivity index (χ3n) is 4.74. The van der Waals surface area contributed by atoms with E-state index in [4.69, 9.17) is 0 Å². The SMILES string of the molecule is CCCC/C=C/C(CCCCCCCCCCCCC)COS(=O)(=O)[O-].[K+]. The predicted molar refractivity (Wildman–Crippen MR) is 109 cm³/mol. The second-order valence-corrected chi connectivity index (χ2v) is 8.40. The van der Waals surface area contributed by atoms with E-state index in [9.17, 15) is 13.0 Å². The summed E-state index contributed by atoms with van der Waals surface area (Å²) in [6.07, 6.45) is 22.5. The average Bonchev–Trinajstić information content (AvgIpc) is 2.59. The maximum absolute atomic E-state index is 10.7. The van der Waals surface area contributed by atoms with E-state index < -0.39 is 10.4 Å². The third kappa shape index (κ3) is 25.2. The zero-order valence-electron chi connectivity index (χ0n) is 18.1. The van der Waals surface area contributed by atoms with Gasteiger partial charge >= 0.3 is 51.4 Å². The Morgan fingerprint density at radius 2 is 1.30 bits per heavy atom. The predicted octanol–water partition coefficient (Wildman–Crippen LogP) is 3.53. The molecule has 0 bridgehead atoms. The minimum absolute atomic E-state index is 0. The van der Waals surface area contributed by atoms with Crippen molar-refractivity contribution in [2.75, 3.05) is 6.61 Å². The standard InChI is InChI=1S/C21H42O4S.K/c1-3-5-7-9-10-11-12-13-14-15-17-19-21(18-16-8-6-4-2)20-25-26(22,23)24;/h16,18,21H,3-15,17,19-20H2,1-2H3,(H,22,23,24);/q;+1/p-1/b18-16+;. The molecule has 0 heterocycles. The zero-order chi connectivity index (χ0) is 19.5. The van der Waals surface area contributed by atoms with E-state index in [2.05, 4.69) is 24.1 Å². The number of allylic oxidation sites excluding steroid dienone is 1. The minimum Gasteiger partial charge on any atom is -0.726 e. The molecule has 1 unspecified atom stereocenters. The molecule has 0 radical (unpaired) electrons. The van der Waals surface area contributed by atoms with Crippen molar-refractivity contribution in [2.24, 2.45) is 5.92 Å². The van der Waals surface area contributed by atoms with Crippen LogP contribution in [0, 0.1) is 5.92 Å². The van der Waals surface area contributed by atoms with Crippen molar-refractivity contribution in [1.29, 1.82) is 0 Å². The summed E-state index contributed by atoms with van der Waals surface area (Å²) in [5.41, 5.74) is 0. The molecule has 0 aliphatic rings. The Kier molecular flexibility index (Phi) is 24.7. The molecule has 156 valence electrons. The van der Waals surface area contributed by atoms with E-state index in [1.165, 1.54) is 64.2 Å². The number of unbranched alkanes of at least 4 members (excludes halogenated alkanes) is 12. The Balaban J connectivity index is 0. The van der Waals surface area contributed by atoms with Gasteiger partial charge in [0.05, 0.1) is 6.61 Å². The van der Waals surface area contributed by atoms with Crippen molar-refractivity contribution in [3.05, 3.63) is 12.2 Å². The molecule has 4 nitrogen and oxygen atoms in total. The fourth-order valence-electron chi connectivity index (χ4n) is 3.09. The second kappa shape index (κ2) is 21.9. The topological polar surface area (TPSA) is 66.4 Å². The van der Waals surface area contributed by atoms with Crippen LogP contribution >= 0.6 is 0 Å². The first-order valence-electron chi connectivity index (χ1n) is 10.8. The molecule has 0 saturated carbocycles. The van der Waals surface area contributed by atoms with Crippen LogP contribution in [-0.2, 0) is 14.6 Å². The van der Waals surface area contributed by atoms with Crippen molar-refractivity contribution >= 4 is 10.4 Å². The van der Waals surface area contributed by atoms with Crippen molar-refractivity contribution < 1.29 is 68.5 Å². The summed E-state index contributed by atoms with van der Waals surface area (Å²) < 4.78 is 36.5. The molecule has 0 spiro atoms. The van der Waals surface area contributed by atoms with Gasteiger partial charge in [0.2, 0.25) is 10.4 Å². The Labute approximate surface area is 211 Å². The van der Waals surface area contributed by atoms with Crippen molar-refractivity contribution in [1.82, 2.24) is 0 Å². The Hall–Kier alpha value is 1.25. The summed E-state index contributed by atoms with van der Waals surface area (Å²) >= 11 is 0. The molecule has 0 aromatic carbocycles. The Morgan fingerprint density at radius 3 is 1.78 bits per heavy atom. The monoisotopic (exact) mass is 428 g/mol. The molecule has 0 fully saturated rings. The first kappa shape index (κ1) is 30.4. The molecule has 27 heavy (non-hydrogen) atoms. The van der Waals surface area contributed by atoms with Crippen LogP contribution in [-0.4, -0.2) is 19.6 Å². The maximum Gasteiger partial charge on any atom is 1.00 e. The normalized spacial score (nSPS) is 13.0. The van der Waals surface area contributed by atoms with Crippen LogP contribution in [0.4, 0.5) is 0 Å². The summed E-state index contributed by atoms with van der Waals surface area (Å²) in [6, 6.07) is 0. The van der Waals surface area contributed by atoms with Gasteiger partial charge in [0, 0.05) is 5.92 Å². The van der Waals surface area contributed by atoms with Gasteiger partial charge in [-0.15, -0.1) is 0 Å². The summed E-state index contributed by atoms with van der Waals surface area (Å²) in [5, 5.41) is 0. The average molecular weight is 429 g/mol. The summed E-state index contributed by atoms with van der Waals surface area (Å²) in [4.78, 5) is 0. The summed E-state index contributed by atoms with van der Waals surface area (Å²) in [5.74, 6) is 0.0224. The summed E-state index contributed by atoms with van der Waals surface area (Å²) in [7, 11) is -4.59. The first-order valence-corrected chi connectivity index (χ1v) is 12.1. The molecule has 0 aromatic rings. The quantitative estimate of drug-likeness (QED) is 0.104. The fourth-order valence-corrected chi connectivity index (χ4v) is 3.43. The van der Waals surface area contributed by atoms with Gasteiger partial charge in [0.25, 0.3) is 0 Å². The van der Waals surface area contributed by atoms with Gasteiger partial charge in [-0.1, -0.05) is 109 Å². The molecule has 0 amide bonds. The van der Waals surface area contributed by atoms with Crippen LogP contribution in [0.2, 0.25) is 0 Å². The van der Waals surface area contributed by atoms with Gasteiger partial charge in [-0.05, 0) is 12.8 Å². The van der Waals surface area contributed by atoms with Crippen molar-refractivity contribution in [2.45, 2.75) is 110 Å². The molecule has 0 N–H and O–H groups in total. The van der Waals surface area contributed by atoms with E-state index >= 15 is 0 Å². The van der Waals surface area contributed by atoms with Crippen molar-refractivity contribution in [3.63, 3.8) is 0 Å². The largest absolute Gasteiger partial charge is 1.00 e. The van der Waals surface area contributed by atoms with Gasteiger partial charge in [-0.2, -0.15) is 0 Å². The maximum atomic E-state index is 10.7. The first-order chi connectivity index (χ1) is 12.5. The van der Waals surface area contributed by atoms with Gasteiger partial charge in [0.1, 0.15) is 0 Å². The third-order valence-corrected chi connectivity index (χ3v) is 5.16. The number of hydrogen-bond donors (Lipinski definition) is 0. The molecule has 0 aliphatic carbocycles. The molecule has 6 heteroatoms. The van der Waals surface area contributed by atoms with Crippen LogP contribution in [0.25, 0.3) is 0 Å². The van der Waals surface area contributed by atoms with E-state index in [0.717, 1.165) is 32.1 Å². The fraction of sp³-hybridized carbons (Fsp3) is 0.905. The Morgan fingerprint density at radius 1 is 0.815 bits per heavy atom. The van der Waals surface area contributed by atoms with Crippen LogP contribution < -0.4 is 51.4 Å². The van der Waals surface area contributed by atoms with Gasteiger partial charge < -0.3 is 4.55 Å². The van der Waals surface area contributed by atoms with E-state index in [1.54, 1.807) is 0 Å². The number of rotatable bonds is 19. The van der Waals surface area contributed by atoms with Gasteiger partial charge in [-0.3, -0.25) is 4.18 Å². The smallest absolute Gasteiger partial charge is 0.726 e. The van der Waals surface area contributed by atoms with Crippen LogP contribution in [0.5, 0.6) is 0 Å². The molecule has 0 saturated heterocycles. The molecule has 1 atom stereocenters. The molecular formula is C21H41KO4S. The minimum atomic E-state index is -4.59. The van der Waals surface area contributed by atoms with Crippen LogP contribution in [0.15, 0.2) is 12.2 Å². The van der Waals surface area contributed by atoms with Gasteiger partial charge in [0.15, 0.2) is 0 Å². The molecule has 0 rings (SSSR count). The van der Waals surface area contributed by atoms with Gasteiger partial charge in [-0.25, -0.2) is 8.42 Å². The van der Waals surface area contributed by atoms with E-state index in [0.29, 0.717) is 0 Å². The summed E-state index contributed by atoms with van der Waals surface area (Å²) in [6.45, 7) is 4.37. The number of hydrogen-bond acceptors (Lipinski definition) is 4. The van der Waals surface area contributed by atoms with E-state index in [-0.39, 0.29) is 63.9 Å². The molecule has 0 aliphatic heterocycles. The zero-order valence-corrected chi connectivity index (χ0v) is 22.0. The van der Waals surface area contributed by atoms with Crippen LogP contribution in [0.3, 0.4) is 0 Å². The molecule has 0 aromatic heterocycles. The second-order valence-electron chi connectivity index (χ2n) is 7.35. The molecular weight excluding hydrogens is 387 g/mol. The Bertz CT molecular complexity index is 424.